The summed E-state index contributed by atoms with van der Waals surface area (Å²) in [7, 11) is 0. The third-order valence-electron chi connectivity index (χ3n) is 4.34. The molecule has 5 heteroatoms. The van der Waals surface area contributed by atoms with Gasteiger partial charge in [-0.3, -0.25) is 4.79 Å². The highest BCUT2D eigenvalue weighted by Crippen LogP contribution is 2.31. The van der Waals surface area contributed by atoms with Crippen molar-refractivity contribution in [3.8, 4) is 5.75 Å². The van der Waals surface area contributed by atoms with E-state index < -0.39 is 0 Å². The molecule has 0 saturated carbocycles. The Bertz CT molecular complexity index is 737. The zero-order valence-corrected chi connectivity index (χ0v) is 15.1. The molecule has 1 aliphatic heterocycles. The maximum atomic E-state index is 13.5. The number of halogens is 1. The summed E-state index contributed by atoms with van der Waals surface area (Å²) in [5.41, 5.74) is 2.27. The van der Waals surface area contributed by atoms with Gasteiger partial charge in [-0.2, -0.15) is 0 Å². The smallest absolute Gasteiger partial charge is 0.237 e. The van der Waals surface area contributed by atoms with Gasteiger partial charge in [-0.05, 0) is 43.5 Å². The van der Waals surface area contributed by atoms with Crippen molar-refractivity contribution in [3.05, 3.63) is 59.9 Å². The van der Waals surface area contributed by atoms with Crippen molar-refractivity contribution in [1.82, 2.24) is 0 Å². The van der Waals surface area contributed by atoms with Crippen LogP contribution in [0.1, 0.15) is 18.9 Å². The molecule has 1 atom stereocenters. The van der Waals surface area contributed by atoms with E-state index in [0.717, 1.165) is 18.5 Å². The van der Waals surface area contributed by atoms with Crippen molar-refractivity contribution in [1.29, 1.82) is 0 Å². The molecular weight excluding hydrogens is 337 g/mol. The highest BCUT2D eigenvalue weighted by molar-refractivity contribution is 7.99. The lowest BCUT2D eigenvalue weighted by Gasteiger charge is -2.35. The lowest BCUT2D eigenvalue weighted by Crippen LogP contribution is -2.43. The maximum absolute atomic E-state index is 13.5. The van der Waals surface area contributed by atoms with Crippen LogP contribution in [0.5, 0.6) is 5.75 Å². The summed E-state index contributed by atoms with van der Waals surface area (Å²) < 4.78 is 18.9. The number of rotatable bonds is 6. The molecule has 25 heavy (non-hydrogen) atoms. The summed E-state index contributed by atoms with van der Waals surface area (Å²) in [6, 6.07) is 14.7. The monoisotopic (exact) mass is 359 g/mol. The second-order valence-electron chi connectivity index (χ2n) is 6.11. The van der Waals surface area contributed by atoms with E-state index in [2.05, 4.69) is 13.0 Å². The van der Waals surface area contributed by atoms with E-state index >= 15 is 0 Å². The number of aryl methyl sites for hydroxylation is 1. The number of thioether (sulfide) groups is 1. The Kier molecular flexibility index (Phi) is 5.97. The summed E-state index contributed by atoms with van der Waals surface area (Å²) in [6.45, 7) is 2.48. The predicted molar refractivity (Wildman–Crippen MR) is 101 cm³/mol. The van der Waals surface area contributed by atoms with Gasteiger partial charge in [0.2, 0.25) is 5.91 Å². The molecule has 0 saturated heterocycles. The summed E-state index contributed by atoms with van der Waals surface area (Å²) in [6.07, 6.45) is 2.01. The largest absolute Gasteiger partial charge is 0.490 e. The van der Waals surface area contributed by atoms with Crippen molar-refractivity contribution in [2.75, 3.05) is 23.0 Å². The molecule has 0 spiro atoms. The molecule has 132 valence electrons. The van der Waals surface area contributed by atoms with Crippen LogP contribution in [-0.4, -0.2) is 30.1 Å². The van der Waals surface area contributed by atoms with Gasteiger partial charge in [0.1, 0.15) is 0 Å². The van der Waals surface area contributed by atoms with Crippen LogP contribution in [0.3, 0.4) is 0 Å². The summed E-state index contributed by atoms with van der Waals surface area (Å²) in [5.74, 6) is 1.06. The minimum atomic E-state index is -0.359. The van der Waals surface area contributed by atoms with E-state index in [4.69, 9.17) is 4.74 Å². The Morgan fingerprint density at radius 2 is 2.00 bits per heavy atom. The van der Waals surface area contributed by atoms with Gasteiger partial charge < -0.3 is 9.64 Å². The molecule has 2 aromatic rings. The lowest BCUT2D eigenvalue weighted by atomic mass is 9.97. The van der Waals surface area contributed by atoms with Crippen molar-refractivity contribution in [3.63, 3.8) is 0 Å². The zero-order valence-electron chi connectivity index (χ0n) is 14.3. The molecule has 0 bridgehead atoms. The third-order valence-corrected chi connectivity index (χ3v) is 5.25. The molecule has 0 fully saturated rings. The number of nitrogens with zero attached hydrogens (tertiary/aromatic N) is 1. The molecule has 0 aromatic heterocycles. The SMILES string of the molecule is CC1CCc2ccccc2N1C(=O)CSCCOc1ccccc1F. The number of amides is 1. The predicted octanol–water partition coefficient (Wildman–Crippen LogP) is 4.31. The molecule has 0 N–H and O–H groups in total. The van der Waals surface area contributed by atoms with Crippen molar-refractivity contribution >= 4 is 23.4 Å². The van der Waals surface area contributed by atoms with Gasteiger partial charge in [0.15, 0.2) is 11.6 Å². The maximum Gasteiger partial charge on any atom is 0.237 e. The van der Waals surface area contributed by atoms with Gasteiger partial charge in [-0.15, -0.1) is 11.8 Å². The van der Waals surface area contributed by atoms with Gasteiger partial charge in [0, 0.05) is 17.5 Å². The fourth-order valence-corrected chi connectivity index (χ4v) is 3.73. The number of hydrogen-bond acceptors (Lipinski definition) is 3. The molecule has 1 amide bonds. The van der Waals surface area contributed by atoms with Gasteiger partial charge in [0.05, 0.1) is 12.4 Å². The minimum Gasteiger partial charge on any atom is -0.490 e. The van der Waals surface area contributed by atoms with Crippen LogP contribution in [0, 0.1) is 5.82 Å². The first-order valence-corrected chi connectivity index (χ1v) is 9.67. The first kappa shape index (κ1) is 17.8. The number of fused-ring (bicyclic) bond motifs is 1. The normalized spacial score (nSPS) is 16.4. The fraction of sp³-hybridized carbons (Fsp3) is 0.350. The van der Waals surface area contributed by atoms with Crippen molar-refractivity contribution in [2.45, 2.75) is 25.8 Å². The van der Waals surface area contributed by atoms with Crippen molar-refractivity contribution < 1.29 is 13.9 Å². The number of anilines is 1. The van der Waals surface area contributed by atoms with E-state index in [-0.39, 0.29) is 23.5 Å². The van der Waals surface area contributed by atoms with Gasteiger partial charge >= 0.3 is 0 Å². The fourth-order valence-electron chi connectivity index (χ4n) is 3.07. The third kappa shape index (κ3) is 4.34. The summed E-state index contributed by atoms with van der Waals surface area (Å²) in [4.78, 5) is 14.6. The highest BCUT2D eigenvalue weighted by atomic mass is 32.2. The molecule has 0 radical (unpaired) electrons. The van der Waals surface area contributed by atoms with Crippen molar-refractivity contribution in [2.24, 2.45) is 0 Å². The molecule has 1 unspecified atom stereocenters. The van der Waals surface area contributed by atoms with Gasteiger partial charge in [-0.1, -0.05) is 30.3 Å². The van der Waals surface area contributed by atoms with Crippen LogP contribution in [0.25, 0.3) is 0 Å². The summed E-state index contributed by atoms with van der Waals surface area (Å²) >= 11 is 1.52. The summed E-state index contributed by atoms with van der Waals surface area (Å²) in [5, 5.41) is 0. The average molecular weight is 359 g/mol. The Morgan fingerprint density at radius 1 is 1.24 bits per heavy atom. The molecule has 3 nitrogen and oxygen atoms in total. The molecule has 3 rings (SSSR count). The molecule has 2 aromatic carbocycles. The number of ether oxygens (including phenoxy) is 1. The van der Waals surface area contributed by atoms with Crippen LogP contribution in [0.2, 0.25) is 0 Å². The van der Waals surface area contributed by atoms with E-state index in [0.29, 0.717) is 18.1 Å². The number of carbonyl (C=O) groups is 1. The molecule has 1 aliphatic rings. The van der Waals surface area contributed by atoms with E-state index in [9.17, 15) is 9.18 Å². The Hall–Kier alpha value is -2.01. The van der Waals surface area contributed by atoms with Gasteiger partial charge in [-0.25, -0.2) is 4.39 Å². The second-order valence-corrected chi connectivity index (χ2v) is 7.22. The standard InChI is InChI=1S/C20H22FNO2S/c1-15-10-11-16-6-2-4-8-18(16)22(15)20(23)14-25-13-12-24-19-9-5-3-7-17(19)21/h2-9,15H,10-14H2,1H3. The second kappa shape index (κ2) is 8.39. The Labute approximate surface area is 152 Å². The van der Waals surface area contributed by atoms with E-state index in [1.807, 2.05) is 23.1 Å². The number of para-hydroxylation sites is 2. The quantitative estimate of drug-likeness (QED) is 0.720. The molecule has 0 aliphatic carbocycles. The zero-order chi connectivity index (χ0) is 17.6. The van der Waals surface area contributed by atoms with Crippen LogP contribution < -0.4 is 9.64 Å². The van der Waals surface area contributed by atoms with Crippen LogP contribution in [0.4, 0.5) is 10.1 Å². The molecule has 1 heterocycles. The first-order valence-electron chi connectivity index (χ1n) is 8.52. The number of carbonyl (C=O) groups excluding carboxylic acids is 1. The Balaban J connectivity index is 1.49. The van der Waals surface area contributed by atoms with Crippen LogP contribution in [-0.2, 0) is 11.2 Å². The Morgan fingerprint density at radius 3 is 2.84 bits per heavy atom. The van der Waals surface area contributed by atoms with Crippen LogP contribution in [0.15, 0.2) is 48.5 Å². The topological polar surface area (TPSA) is 29.5 Å². The molecular formula is C20H22FNO2S. The van der Waals surface area contributed by atoms with Gasteiger partial charge in [0.25, 0.3) is 0 Å². The minimum absolute atomic E-state index is 0.121. The average Bonchev–Trinajstić information content (AvgIpc) is 2.62. The van der Waals surface area contributed by atoms with Crippen LogP contribution >= 0.6 is 11.8 Å². The highest BCUT2D eigenvalue weighted by Gasteiger charge is 2.27. The first-order chi connectivity index (χ1) is 12.2. The van der Waals surface area contributed by atoms with E-state index in [1.54, 1.807) is 18.2 Å². The number of hydrogen-bond donors (Lipinski definition) is 0. The van der Waals surface area contributed by atoms with E-state index in [1.165, 1.54) is 23.4 Å². The lowest BCUT2D eigenvalue weighted by molar-refractivity contribution is -0.116. The number of benzene rings is 2.